The highest BCUT2D eigenvalue weighted by molar-refractivity contribution is 7.92. The van der Waals surface area contributed by atoms with Gasteiger partial charge in [0.05, 0.1) is 11.5 Å². The third-order valence-corrected chi connectivity index (χ3v) is 3.95. The van der Waals surface area contributed by atoms with E-state index in [0.29, 0.717) is 23.3 Å². The Bertz CT molecular complexity index is 186. The Labute approximate surface area is 66.5 Å². The van der Waals surface area contributed by atoms with Gasteiger partial charge in [-0.1, -0.05) is 0 Å². The molecule has 10 heavy (non-hydrogen) atoms. The lowest BCUT2D eigenvalue weighted by molar-refractivity contribution is 0.495. The van der Waals surface area contributed by atoms with E-state index in [1.165, 1.54) is 0 Å². The van der Waals surface area contributed by atoms with Crippen LogP contribution in [0.4, 0.5) is 0 Å². The molecule has 0 bridgehead atoms. The van der Waals surface area contributed by atoms with Gasteiger partial charge in [-0.05, 0) is 18.8 Å². The van der Waals surface area contributed by atoms with Crippen LogP contribution in [0.15, 0.2) is 0 Å². The fraction of sp³-hybridized carbons (Fsp3) is 1.00. The summed E-state index contributed by atoms with van der Waals surface area (Å²) in [6.07, 6.45) is 1.92. The monoisotopic (exact) mass is 182 g/mol. The van der Waals surface area contributed by atoms with Gasteiger partial charge in [-0.15, -0.1) is 11.6 Å². The Morgan fingerprint density at radius 1 is 1.40 bits per heavy atom. The van der Waals surface area contributed by atoms with Gasteiger partial charge in [-0.25, -0.2) is 8.42 Å². The van der Waals surface area contributed by atoms with Gasteiger partial charge in [0.25, 0.3) is 0 Å². The molecular weight excluding hydrogens is 172 g/mol. The average Bonchev–Trinajstić information content (AvgIpc) is 1.78. The number of alkyl halides is 1. The molecule has 0 spiro atoms. The van der Waals surface area contributed by atoms with Crippen molar-refractivity contribution in [3.05, 3.63) is 0 Å². The van der Waals surface area contributed by atoms with E-state index in [0.717, 1.165) is 12.8 Å². The van der Waals surface area contributed by atoms with Crippen molar-refractivity contribution in [2.45, 2.75) is 12.8 Å². The first-order chi connectivity index (χ1) is 4.64. The summed E-state index contributed by atoms with van der Waals surface area (Å²) in [5, 5.41) is 0. The Hall–Kier alpha value is 0.240. The first-order valence-corrected chi connectivity index (χ1v) is 5.76. The lowest BCUT2D eigenvalue weighted by Crippen LogP contribution is -2.36. The van der Waals surface area contributed by atoms with E-state index < -0.39 is 9.84 Å². The number of halogens is 1. The molecule has 0 aromatic carbocycles. The topological polar surface area (TPSA) is 34.1 Å². The van der Waals surface area contributed by atoms with Crippen LogP contribution < -0.4 is 0 Å². The molecule has 1 heterocycles. The number of hydrogen-bond acceptors (Lipinski definition) is 2. The van der Waals surface area contributed by atoms with Gasteiger partial charge < -0.3 is 0 Å². The molecule has 1 fully saturated rings. The van der Waals surface area contributed by atoms with Gasteiger partial charge in [-0.2, -0.15) is 0 Å². The summed E-state index contributed by atoms with van der Waals surface area (Å²) in [5.74, 6) is 1.84. The summed E-state index contributed by atoms with van der Waals surface area (Å²) < 4.78 is 21.3. The van der Waals surface area contributed by atoms with Crippen molar-refractivity contribution in [1.29, 1.82) is 0 Å². The molecule has 2 nitrogen and oxygen atoms in total. The Morgan fingerprint density at radius 2 is 2.00 bits per heavy atom. The molecule has 0 atom stereocenters. The van der Waals surface area contributed by atoms with Crippen molar-refractivity contribution in [2.75, 3.05) is 17.4 Å². The Morgan fingerprint density at radius 3 is 2.40 bits per heavy atom. The third kappa shape index (κ3) is 2.13. The molecule has 0 aliphatic carbocycles. The van der Waals surface area contributed by atoms with Gasteiger partial charge in [0, 0.05) is 5.88 Å². The van der Waals surface area contributed by atoms with Crippen molar-refractivity contribution in [3.8, 4) is 0 Å². The first-order valence-electron chi connectivity index (χ1n) is 3.40. The molecule has 1 aliphatic heterocycles. The van der Waals surface area contributed by atoms with Crippen molar-refractivity contribution in [2.24, 2.45) is 5.92 Å². The molecule has 0 radical (unpaired) electrons. The second-order valence-corrected chi connectivity index (χ2v) is 5.31. The lowest BCUT2D eigenvalue weighted by atomic mass is 10.1. The SMILES string of the molecule is O=S1(=O)CC(CCCCl)C1. The second-order valence-electron chi connectivity index (χ2n) is 2.77. The molecule has 0 N–H and O–H groups in total. The minimum atomic E-state index is -2.60. The van der Waals surface area contributed by atoms with Crippen LogP contribution in [0.5, 0.6) is 0 Å². The van der Waals surface area contributed by atoms with Gasteiger partial charge in [0.2, 0.25) is 0 Å². The van der Waals surface area contributed by atoms with Crippen LogP contribution in [0.1, 0.15) is 12.8 Å². The lowest BCUT2D eigenvalue weighted by Gasteiger charge is -2.24. The highest BCUT2D eigenvalue weighted by Crippen LogP contribution is 2.22. The van der Waals surface area contributed by atoms with E-state index in [1.54, 1.807) is 0 Å². The van der Waals surface area contributed by atoms with Crippen molar-refractivity contribution >= 4 is 21.4 Å². The predicted octanol–water partition coefficient (Wildman–Crippen LogP) is 1.05. The third-order valence-electron chi connectivity index (χ3n) is 1.73. The van der Waals surface area contributed by atoms with E-state index in [1.807, 2.05) is 0 Å². The van der Waals surface area contributed by atoms with Crippen molar-refractivity contribution in [3.63, 3.8) is 0 Å². The summed E-state index contributed by atoms with van der Waals surface area (Å²) in [5.41, 5.74) is 0. The molecule has 4 heteroatoms. The summed E-state index contributed by atoms with van der Waals surface area (Å²) >= 11 is 5.45. The maximum Gasteiger partial charge on any atom is 0.150 e. The van der Waals surface area contributed by atoms with Crippen LogP contribution >= 0.6 is 11.6 Å². The zero-order valence-corrected chi connectivity index (χ0v) is 7.29. The van der Waals surface area contributed by atoms with Gasteiger partial charge in [0.1, 0.15) is 0 Å². The fourth-order valence-electron chi connectivity index (χ4n) is 1.20. The molecule has 60 valence electrons. The first kappa shape index (κ1) is 8.34. The molecule has 0 aromatic rings. The predicted molar refractivity (Wildman–Crippen MR) is 42.1 cm³/mol. The highest BCUT2D eigenvalue weighted by atomic mass is 35.5. The minimum absolute atomic E-state index is 0.393. The van der Waals surface area contributed by atoms with Gasteiger partial charge >= 0.3 is 0 Å². The summed E-state index contributed by atoms with van der Waals surface area (Å²) in [7, 11) is -2.60. The molecular formula is C6H11ClO2S. The van der Waals surface area contributed by atoms with Crippen LogP contribution in [0, 0.1) is 5.92 Å². The number of rotatable bonds is 3. The second kappa shape index (κ2) is 3.09. The Kier molecular flexibility index (Phi) is 2.58. The van der Waals surface area contributed by atoms with E-state index in [-0.39, 0.29) is 0 Å². The largest absolute Gasteiger partial charge is 0.229 e. The van der Waals surface area contributed by atoms with Crippen LogP contribution in [0.3, 0.4) is 0 Å². The van der Waals surface area contributed by atoms with E-state index in [2.05, 4.69) is 0 Å². The molecule has 0 aromatic heterocycles. The van der Waals surface area contributed by atoms with Crippen LogP contribution in [-0.4, -0.2) is 25.8 Å². The van der Waals surface area contributed by atoms with Crippen LogP contribution in [-0.2, 0) is 9.84 Å². The number of hydrogen-bond donors (Lipinski definition) is 0. The van der Waals surface area contributed by atoms with Gasteiger partial charge in [-0.3, -0.25) is 0 Å². The smallest absolute Gasteiger partial charge is 0.150 e. The zero-order chi connectivity index (χ0) is 7.61. The van der Waals surface area contributed by atoms with Crippen molar-refractivity contribution < 1.29 is 8.42 Å². The Balaban J connectivity index is 2.15. The highest BCUT2D eigenvalue weighted by Gasteiger charge is 2.32. The average molecular weight is 183 g/mol. The molecule has 1 aliphatic rings. The van der Waals surface area contributed by atoms with Crippen LogP contribution in [0.2, 0.25) is 0 Å². The zero-order valence-electron chi connectivity index (χ0n) is 5.72. The fourth-order valence-corrected chi connectivity index (χ4v) is 3.03. The van der Waals surface area contributed by atoms with Crippen LogP contribution in [0.25, 0.3) is 0 Å². The summed E-state index contributed by atoms with van der Waals surface area (Å²) in [6.45, 7) is 0. The standard InChI is InChI=1S/C6H11ClO2S/c7-3-1-2-6-4-10(8,9)5-6/h6H,1-5H2. The number of sulfone groups is 1. The molecule has 0 unspecified atom stereocenters. The van der Waals surface area contributed by atoms with Gasteiger partial charge in [0.15, 0.2) is 9.84 Å². The minimum Gasteiger partial charge on any atom is -0.229 e. The molecule has 0 saturated carbocycles. The van der Waals surface area contributed by atoms with E-state index in [9.17, 15) is 8.42 Å². The molecule has 0 amide bonds. The summed E-state index contributed by atoms with van der Waals surface area (Å²) in [4.78, 5) is 0. The molecule has 1 rings (SSSR count). The van der Waals surface area contributed by atoms with Crippen molar-refractivity contribution in [1.82, 2.24) is 0 Å². The summed E-state index contributed by atoms with van der Waals surface area (Å²) in [6, 6.07) is 0. The van der Waals surface area contributed by atoms with E-state index in [4.69, 9.17) is 11.6 Å². The maximum atomic E-state index is 10.6. The normalized spacial score (nSPS) is 24.1. The maximum absolute atomic E-state index is 10.6. The van der Waals surface area contributed by atoms with E-state index >= 15 is 0 Å². The molecule has 1 saturated heterocycles. The quantitative estimate of drug-likeness (QED) is 0.612.